The van der Waals surface area contributed by atoms with E-state index in [0.29, 0.717) is 30.4 Å². The van der Waals surface area contributed by atoms with Crippen LogP contribution in [0.25, 0.3) is 0 Å². The highest BCUT2D eigenvalue weighted by atomic mass is 16.6. The highest BCUT2D eigenvalue weighted by Gasteiger charge is 2.24. The molecule has 0 aliphatic carbocycles. The molecule has 4 rings (SSSR count). The largest absolute Gasteiger partial charge is 0.492 e. The molecule has 5 heteroatoms. The van der Waals surface area contributed by atoms with Crippen molar-refractivity contribution in [3.8, 4) is 17.2 Å². The summed E-state index contributed by atoms with van der Waals surface area (Å²) in [6.07, 6.45) is 0.509. The molecule has 0 fully saturated rings. The van der Waals surface area contributed by atoms with E-state index in [1.807, 2.05) is 52.8 Å². The van der Waals surface area contributed by atoms with Crippen LogP contribution >= 0.6 is 0 Å². The molecular weight excluding hydrogens is 380 g/mol. The molecule has 0 saturated heterocycles. The van der Waals surface area contributed by atoms with E-state index in [-0.39, 0.29) is 18.4 Å². The Kier molecular flexibility index (Phi) is 8.04. The van der Waals surface area contributed by atoms with Gasteiger partial charge < -0.3 is 14.2 Å². The van der Waals surface area contributed by atoms with Gasteiger partial charge in [-0.1, -0.05) is 52.0 Å². The van der Waals surface area contributed by atoms with Crippen molar-refractivity contribution in [3.05, 3.63) is 52.1 Å². The molecule has 30 heavy (non-hydrogen) atoms. The number of hydrogen-bond acceptors (Lipinski definition) is 5. The molecule has 162 valence electrons. The zero-order valence-electron chi connectivity index (χ0n) is 19.0. The number of ketones is 1. The van der Waals surface area contributed by atoms with Gasteiger partial charge in [-0.2, -0.15) is 0 Å². The van der Waals surface area contributed by atoms with Gasteiger partial charge in [-0.3, -0.25) is 4.79 Å². The SMILES string of the molecule is CC.Cc1ccc(C(C)C)c2c1C(=O)CCO2.Cc1ccc(C)c2c1OCC(=O)O2. The Hall–Kier alpha value is -2.82. The lowest BCUT2D eigenvalue weighted by atomic mass is 9.92. The molecular formula is C25H32O5. The Balaban J connectivity index is 0.000000199. The van der Waals surface area contributed by atoms with Gasteiger partial charge in [0.15, 0.2) is 23.9 Å². The Bertz CT molecular complexity index is 928. The van der Waals surface area contributed by atoms with Crippen LogP contribution in [0.15, 0.2) is 24.3 Å². The van der Waals surface area contributed by atoms with Gasteiger partial charge in [-0.05, 0) is 48.9 Å². The predicted octanol–water partition coefficient (Wildman–Crippen LogP) is 5.71. The third-order valence-electron chi connectivity index (χ3n) is 4.93. The van der Waals surface area contributed by atoms with Crippen molar-refractivity contribution in [2.24, 2.45) is 0 Å². The van der Waals surface area contributed by atoms with Crippen molar-refractivity contribution in [1.29, 1.82) is 0 Å². The van der Waals surface area contributed by atoms with Gasteiger partial charge in [0, 0.05) is 6.42 Å². The van der Waals surface area contributed by atoms with Crippen LogP contribution in [0.2, 0.25) is 0 Å². The fourth-order valence-electron chi connectivity index (χ4n) is 3.36. The first-order valence-corrected chi connectivity index (χ1v) is 10.5. The summed E-state index contributed by atoms with van der Waals surface area (Å²) in [5, 5.41) is 0. The maximum absolute atomic E-state index is 11.8. The topological polar surface area (TPSA) is 61.8 Å². The first-order valence-electron chi connectivity index (χ1n) is 10.5. The lowest BCUT2D eigenvalue weighted by Gasteiger charge is -2.22. The molecule has 2 aromatic rings. The molecule has 0 spiro atoms. The van der Waals surface area contributed by atoms with Crippen molar-refractivity contribution < 1.29 is 23.8 Å². The van der Waals surface area contributed by atoms with Gasteiger partial charge in [0.2, 0.25) is 0 Å². The van der Waals surface area contributed by atoms with Gasteiger partial charge in [0.25, 0.3) is 0 Å². The van der Waals surface area contributed by atoms with Gasteiger partial charge in [0.1, 0.15) is 5.75 Å². The predicted molar refractivity (Wildman–Crippen MR) is 118 cm³/mol. The molecule has 2 aliphatic heterocycles. The van der Waals surface area contributed by atoms with Crippen LogP contribution in [0, 0.1) is 20.8 Å². The summed E-state index contributed by atoms with van der Waals surface area (Å²) < 4.78 is 16.0. The van der Waals surface area contributed by atoms with Gasteiger partial charge in [0.05, 0.1) is 12.2 Å². The average molecular weight is 413 g/mol. The highest BCUT2D eigenvalue weighted by molar-refractivity contribution is 6.01. The van der Waals surface area contributed by atoms with Crippen molar-refractivity contribution in [3.63, 3.8) is 0 Å². The van der Waals surface area contributed by atoms with E-state index < -0.39 is 0 Å². The number of ether oxygens (including phenoxy) is 3. The van der Waals surface area contributed by atoms with E-state index >= 15 is 0 Å². The summed E-state index contributed by atoms with van der Waals surface area (Å²) in [6, 6.07) is 7.95. The summed E-state index contributed by atoms with van der Waals surface area (Å²) in [5.74, 6) is 2.36. The second kappa shape index (κ2) is 10.3. The van der Waals surface area contributed by atoms with Crippen molar-refractivity contribution in [1.82, 2.24) is 0 Å². The zero-order valence-corrected chi connectivity index (χ0v) is 19.0. The monoisotopic (exact) mass is 412 g/mol. The quantitative estimate of drug-likeness (QED) is 0.443. The Morgan fingerprint density at radius 2 is 1.40 bits per heavy atom. The minimum absolute atomic E-state index is 0.0112. The summed E-state index contributed by atoms with van der Waals surface area (Å²) >= 11 is 0. The minimum atomic E-state index is -0.332. The van der Waals surface area contributed by atoms with Crippen LogP contribution in [0.1, 0.15) is 72.6 Å². The minimum Gasteiger partial charge on any atom is -0.492 e. The molecule has 0 aromatic heterocycles. The summed E-state index contributed by atoms with van der Waals surface area (Å²) in [6.45, 7) is 14.6. The van der Waals surface area contributed by atoms with E-state index in [9.17, 15) is 9.59 Å². The van der Waals surface area contributed by atoms with Crippen LogP contribution in [-0.4, -0.2) is 25.0 Å². The third kappa shape index (κ3) is 5.02. The standard InChI is InChI=1S/C13H16O2.C10H10O3.C2H6/c1-8(2)10-5-4-9(3)12-11(14)6-7-15-13(10)12;1-6-3-4-7(2)10-9(6)12-5-8(11)13-10;1-2/h4-5,8H,6-7H2,1-3H3;3-4H,5H2,1-2H3;1-2H3. The number of aryl methyl sites for hydroxylation is 3. The number of esters is 1. The van der Waals surface area contributed by atoms with Crippen LogP contribution in [0.3, 0.4) is 0 Å². The van der Waals surface area contributed by atoms with Gasteiger partial charge in [-0.25, -0.2) is 4.79 Å². The van der Waals surface area contributed by atoms with Gasteiger partial charge >= 0.3 is 5.97 Å². The van der Waals surface area contributed by atoms with Crippen LogP contribution in [-0.2, 0) is 4.79 Å². The molecule has 0 amide bonds. The number of rotatable bonds is 1. The van der Waals surface area contributed by atoms with Crippen LogP contribution in [0.4, 0.5) is 0 Å². The lowest BCUT2D eigenvalue weighted by Crippen LogP contribution is -2.23. The smallest absolute Gasteiger partial charge is 0.349 e. The summed E-state index contributed by atoms with van der Waals surface area (Å²) in [5.41, 5.74) is 4.89. The number of hydrogen-bond donors (Lipinski definition) is 0. The van der Waals surface area contributed by atoms with E-state index in [0.717, 1.165) is 33.6 Å². The normalized spacial score (nSPS) is 14.0. The van der Waals surface area contributed by atoms with Crippen molar-refractivity contribution in [2.45, 2.75) is 60.8 Å². The molecule has 0 atom stereocenters. The Labute approximate surface area is 179 Å². The molecule has 5 nitrogen and oxygen atoms in total. The van der Waals surface area contributed by atoms with Crippen molar-refractivity contribution in [2.75, 3.05) is 13.2 Å². The Morgan fingerprint density at radius 1 is 0.800 bits per heavy atom. The third-order valence-corrected chi connectivity index (χ3v) is 4.93. The second-order valence-corrected chi connectivity index (χ2v) is 7.47. The summed E-state index contributed by atoms with van der Waals surface area (Å²) in [4.78, 5) is 22.7. The maximum Gasteiger partial charge on any atom is 0.349 e. The molecule has 0 unspecified atom stereocenters. The number of carbonyl (C=O) groups excluding carboxylic acids is 2. The Morgan fingerprint density at radius 3 is 2.03 bits per heavy atom. The number of benzene rings is 2. The average Bonchev–Trinajstić information content (AvgIpc) is 2.73. The van der Waals surface area contributed by atoms with Crippen LogP contribution in [0.5, 0.6) is 17.2 Å². The number of Topliss-reactive ketones (excluding diaryl/α,β-unsaturated/α-hetero) is 1. The first kappa shape index (κ1) is 23.5. The molecule has 0 N–H and O–H groups in total. The highest BCUT2D eigenvalue weighted by Crippen LogP contribution is 2.37. The fraction of sp³-hybridized carbons (Fsp3) is 0.440. The molecule has 2 heterocycles. The molecule has 2 aromatic carbocycles. The fourth-order valence-corrected chi connectivity index (χ4v) is 3.36. The van der Waals surface area contributed by atoms with E-state index in [1.54, 1.807) is 0 Å². The maximum atomic E-state index is 11.8. The molecule has 0 saturated carbocycles. The summed E-state index contributed by atoms with van der Waals surface area (Å²) in [7, 11) is 0. The zero-order chi connectivity index (χ0) is 22.4. The van der Waals surface area contributed by atoms with Crippen molar-refractivity contribution >= 4 is 11.8 Å². The molecule has 2 aliphatic rings. The van der Waals surface area contributed by atoms with E-state index in [2.05, 4.69) is 19.9 Å². The van der Waals surface area contributed by atoms with E-state index in [1.165, 1.54) is 0 Å². The van der Waals surface area contributed by atoms with E-state index in [4.69, 9.17) is 14.2 Å². The molecule has 0 radical (unpaired) electrons. The second-order valence-electron chi connectivity index (χ2n) is 7.47. The molecule has 0 bridgehead atoms. The lowest BCUT2D eigenvalue weighted by molar-refractivity contribution is -0.138. The number of carbonyl (C=O) groups is 2. The van der Waals surface area contributed by atoms with Crippen LogP contribution < -0.4 is 14.2 Å². The number of fused-ring (bicyclic) bond motifs is 2. The van der Waals surface area contributed by atoms with Gasteiger partial charge in [-0.15, -0.1) is 0 Å². The first-order chi connectivity index (χ1) is 14.3.